The van der Waals surface area contributed by atoms with Crippen molar-refractivity contribution in [3.63, 3.8) is 0 Å². The molecule has 1 heterocycles. The number of rotatable bonds is 3. The van der Waals surface area contributed by atoms with Crippen LogP contribution in [0, 0.1) is 0 Å². The molecule has 19 heavy (non-hydrogen) atoms. The number of carbonyl (C=O) groups excluding carboxylic acids is 1. The van der Waals surface area contributed by atoms with Gasteiger partial charge >= 0.3 is 5.97 Å². The number of nitrogens with zero attached hydrogens (tertiary/aromatic N) is 1. The number of hydrogen-bond donors (Lipinski definition) is 2. The lowest BCUT2D eigenvalue weighted by molar-refractivity contribution is 0.0686. The molecule has 2 rings (SSSR count). The van der Waals surface area contributed by atoms with Gasteiger partial charge < -0.3 is 15.0 Å². The first-order chi connectivity index (χ1) is 8.97. The molecule has 0 aliphatic rings. The van der Waals surface area contributed by atoms with Crippen molar-refractivity contribution >= 4 is 29.2 Å². The second-order valence-electron chi connectivity index (χ2n) is 3.99. The predicted octanol–water partition coefficient (Wildman–Crippen LogP) is 2.63. The van der Waals surface area contributed by atoms with E-state index < -0.39 is 5.97 Å². The number of amides is 1. The topological polar surface area (TPSA) is 71.3 Å². The summed E-state index contributed by atoms with van der Waals surface area (Å²) in [5.41, 5.74) is 0.983. The van der Waals surface area contributed by atoms with Crippen molar-refractivity contribution < 1.29 is 14.7 Å². The van der Waals surface area contributed by atoms with Crippen LogP contribution in [0.1, 0.15) is 20.8 Å². The molecule has 0 fully saturated rings. The summed E-state index contributed by atoms with van der Waals surface area (Å²) < 4.78 is 1.43. The first-order valence-electron chi connectivity index (χ1n) is 5.44. The maximum atomic E-state index is 11.9. The van der Waals surface area contributed by atoms with Gasteiger partial charge in [0, 0.05) is 23.8 Å². The molecule has 0 saturated heterocycles. The van der Waals surface area contributed by atoms with E-state index in [1.807, 2.05) is 0 Å². The van der Waals surface area contributed by atoms with Crippen LogP contribution in [0.4, 0.5) is 5.69 Å². The molecule has 2 aromatic rings. The van der Waals surface area contributed by atoms with Crippen LogP contribution in [0.2, 0.25) is 5.02 Å². The molecule has 6 heteroatoms. The van der Waals surface area contributed by atoms with Crippen LogP contribution >= 0.6 is 11.6 Å². The van der Waals surface area contributed by atoms with E-state index in [0.29, 0.717) is 16.3 Å². The van der Waals surface area contributed by atoms with E-state index in [1.165, 1.54) is 16.8 Å². The first-order valence-corrected chi connectivity index (χ1v) is 5.82. The van der Waals surface area contributed by atoms with E-state index in [1.54, 1.807) is 31.3 Å². The number of carboxylic acids is 1. The fourth-order valence-corrected chi connectivity index (χ4v) is 1.78. The summed E-state index contributed by atoms with van der Waals surface area (Å²) in [6.07, 6.45) is 1.54. The Hall–Kier alpha value is -2.27. The van der Waals surface area contributed by atoms with Crippen molar-refractivity contribution in [2.24, 2.45) is 7.05 Å². The van der Waals surface area contributed by atoms with Crippen molar-refractivity contribution in [1.29, 1.82) is 0 Å². The normalized spacial score (nSPS) is 10.2. The minimum atomic E-state index is -1.05. The summed E-state index contributed by atoms with van der Waals surface area (Å²) in [6, 6.07) is 7.82. The zero-order valence-electron chi connectivity index (χ0n) is 10.1. The minimum Gasteiger partial charge on any atom is -0.477 e. The number of benzene rings is 1. The molecule has 0 spiro atoms. The third kappa shape index (κ3) is 2.95. The Balaban J connectivity index is 2.17. The number of nitrogens with one attached hydrogen (secondary N) is 1. The maximum absolute atomic E-state index is 11.9. The van der Waals surface area contributed by atoms with Gasteiger partial charge in [-0.3, -0.25) is 4.79 Å². The number of anilines is 1. The lowest BCUT2D eigenvalue weighted by Gasteiger charge is -2.02. The average molecular weight is 279 g/mol. The standard InChI is InChI=1S/C13H11ClN2O3/c1-16-7-10(6-11(16)13(18)19)15-12(17)8-2-4-9(14)5-3-8/h2-7H,1H3,(H,15,17)(H,18,19). The van der Waals surface area contributed by atoms with Crippen molar-refractivity contribution in [2.45, 2.75) is 0 Å². The molecular formula is C13H11ClN2O3. The van der Waals surface area contributed by atoms with Gasteiger partial charge in [-0.2, -0.15) is 0 Å². The molecule has 1 aromatic heterocycles. The Morgan fingerprint density at radius 1 is 1.26 bits per heavy atom. The lowest BCUT2D eigenvalue weighted by atomic mass is 10.2. The highest BCUT2D eigenvalue weighted by molar-refractivity contribution is 6.30. The second kappa shape index (κ2) is 5.16. The minimum absolute atomic E-state index is 0.103. The van der Waals surface area contributed by atoms with Crippen LogP contribution < -0.4 is 5.32 Å². The summed E-state index contributed by atoms with van der Waals surface area (Å²) in [5.74, 6) is -1.37. The molecule has 98 valence electrons. The summed E-state index contributed by atoms with van der Waals surface area (Å²) in [6.45, 7) is 0. The van der Waals surface area contributed by atoms with Gasteiger partial charge in [-0.05, 0) is 30.3 Å². The molecule has 0 radical (unpaired) electrons. The molecule has 0 saturated carbocycles. The molecule has 0 atom stereocenters. The van der Waals surface area contributed by atoms with Gasteiger partial charge in [-0.1, -0.05) is 11.6 Å². The molecule has 0 aliphatic heterocycles. The van der Waals surface area contributed by atoms with E-state index >= 15 is 0 Å². The van der Waals surface area contributed by atoms with E-state index in [-0.39, 0.29) is 11.6 Å². The van der Waals surface area contributed by atoms with Gasteiger partial charge in [0.2, 0.25) is 0 Å². The number of aromatic carboxylic acids is 1. The highest BCUT2D eigenvalue weighted by Gasteiger charge is 2.12. The van der Waals surface area contributed by atoms with Crippen LogP contribution in [-0.2, 0) is 7.05 Å². The summed E-state index contributed by atoms with van der Waals surface area (Å²) in [4.78, 5) is 22.8. The van der Waals surface area contributed by atoms with Crippen LogP contribution in [0.25, 0.3) is 0 Å². The monoisotopic (exact) mass is 278 g/mol. The summed E-state index contributed by atoms with van der Waals surface area (Å²) >= 11 is 5.74. The lowest BCUT2D eigenvalue weighted by Crippen LogP contribution is -2.11. The fraction of sp³-hybridized carbons (Fsp3) is 0.0769. The number of aryl methyl sites for hydroxylation is 1. The number of aromatic nitrogens is 1. The maximum Gasteiger partial charge on any atom is 0.352 e. The van der Waals surface area contributed by atoms with E-state index in [9.17, 15) is 9.59 Å². The molecule has 1 aromatic carbocycles. The molecule has 2 N–H and O–H groups in total. The number of halogens is 1. The molecule has 1 amide bonds. The van der Waals surface area contributed by atoms with Gasteiger partial charge in [0.05, 0.1) is 5.69 Å². The largest absolute Gasteiger partial charge is 0.477 e. The first kappa shape index (κ1) is 13.2. The highest BCUT2D eigenvalue weighted by Crippen LogP contribution is 2.15. The van der Waals surface area contributed by atoms with Crippen molar-refractivity contribution in [2.75, 3.05) is 5.32 Å². The van der Waals surface area contributed by atoms with E-state index in [4.69, 9.17) is 16.7 Å². The van der Waals surface area contributed by atoms with Crippen LogP contribution in [0.5, 0.6) is 0 Å². The van der Waals surface area contributed by atoms with Gasteiger partial charge in [0.25, 0.3) is 5.91 Å². The smallest absolute Gasteiger partial charge is 0.352 e. The fourth-order valence-electron chi connectivity index (χ4n) is 1.65. The third-order valence-electron chi connectivity index (χ3n) is 2.59. The Morgan fingerprint density at radius 3 is 2.42 bits per heavy atom. The number of carbonyl (C=O) groups is 2. The molecule has 0 bridgehead atoms. The summed E-state index contributed by atoms with van der Waals surface area (Å²) in [5, 5.41) is 12.1. The van der Waals surface area contributed by atoms with Crippen molar-refractivity contribution in [1.82, 2.24) is 4.57 Å². The SMILES string of the molecule is Cn1cc(NC(=O)c2ccc(Cl)cc2)cc1C(=O)O. The average Bonchev–Trinajstić information content (AvgIpc) is 2.71. The Morgan fingerprint density at radius 2 is 1.89 bits per heavy atom. The molecule has 5 nitrogen and oxygen atoms in total. The van der Waals surface area contributed by atoms with Crippen LogP contribution in [0.15, 0.2) is 36.5 Å². The quantitative estimate of drug-likeness (QED) is 0.906. The molecule has 0 unspecified atom stereocenters. The van der Waals surface area contributed by atoms with Crippen molar-refractivity contribution in [3.8, 4) is 0 Å². The van der Waals surface area contributed by atoms with Crippen molar-refractivity contribution in [3.05, 3.63) is 52.8 Å². The van der Waals surface area contributed by atoms with Gasteiger partial charge in [-0.25, -0.2) is 4.79 Å². The van der Waals surface area contributed by atoms with Gasteiger partial charge in [-0.15, -0.1) is 0 Å². The highest BCUT2D eigenvalue weighted by atomic mass is 35.5. The predicted molar refractivity (Wildman–Crippen MR) is 71.8 cm³/mol. The van der Waals surface area contributed by atoms with E-state index in [2.05, 4.69) is 5.32 Å². The molecule has 0 aliphatic carbocycles. The Bertz CT molecular complexity index is 632. The third-order valence-corrected chi connectivity index (χ3v) is 2.84. The number of hydrogen-bond acceptors (Lipinski definition) is 2. The number of carboxylic acid groups (broad SMARTS) is 1. The zero-order chi connectivity index (χ0) is 14.0. The van der Waals surface area contributed by atoms with Gasteiger partial charge in [0.1, 0.15) is 5.69 Å². The zero-order valence-corrected chi connectivity index (χ0v) is 10.8. The summed E-state index contributed by atoms with van der Waals surface area (Å²) in [7, 11) is 1.60. The second-order valence-corrected chi connectivity index (χ2v) is 4.43. The van der Waals surface area contributed by atoms with E-state index in [0.717, 1.165) is 0 Å². The Kier molecular flexibility index (Phi) is 3.57. The van der Waals surface area contributed by atoms with Crippen LogP contribution in [0.3, 0.4) is 0 Å². The van der Waals surface area contributed by atoms with Gasteiger partial charge in [0.15, 0.2) is 0 Å². The molecular weight excluding hydrogens is 268 g/mol. The Labute approximate surface area is 114 Å². The van der Waals surface area contributed by atoms with Crippen LogP contribution in [-0.4, -0.2) is 21.6 Å².